The number of thiazole rings is 1. The molecule has 3 rings (SSSR count). The second kappa shape index (κ2) is 7.08. The summed E-state index contributed by atoms with van der Waals surface area (Å²) in [5.41, 5.74) is 0.412. The first-order valence-electron chi connectivity index (χ1n) is 7.70. The summed E-state index contributed by atoms with van der Waals surface area (Å²) in [5, 5.41) is 1.68. The molecular formula is C17H16F3N3O2S. The zero-order chi connectivity index (χ0) is 18.9. The molecule has 0 bridgehead atoms. The maximum Gasteiger partial charge on any atom is 0.416 e. The normalized spacial score (nSPS) is 11.9. The average molecular weight is 383 g/mol. The number of imidazole rings is 1. The van der Waals surface area contributed by atoms with Gasteiger partial charge in [-0.05, 0) is 12.1 Å². The minimum Gasteiger partial charge on any atom is -0.383 e. The standard InChI is InChI=1S/C17H16F3N3O2S/c1-22(6-7-25-2)15(24)14-10-26-16-21-13(9-23(14)16)11-4-3-5-12(8-11)17(18,19)20/h3-5,8-10H,6-7H2,1-2H3. The molecule has 9 heteroatoms. The Morgan fingerprint density at radius 1 is 1.38 bits per heavy atom. The van der Waals surface area contributed by atoms with Crippen molar-refractivity contribution >= 4 is 22.2 Å². The number of hydrogen-bond acceptors (Lipinski definition) is 4. The van der Waals surface area contributed by atoms with Gasteiger partial charge in [-0.3, -0.25) is 9.20 Å². The number of likely N-dealkylation sites (N-methyl/N-ethyl adjacent to an activating group) is 1. The summed E-state index contributed by atoms with van der Waals surface area (Å²) in [6.45, 7) is 0.844. The van der Waals surface area contributed by atoms with Gasteiger partial charge in [-0.15, -0.1) is 11.3 Å². The van der Waals surface area contributed by atoms with Crippen molar-refractivity contribution in [1.82, 2.24) is 14.3 Å². The van der Waals surface area contributed by atoms with Crippen molar-refractivity contribution in [3.8, 4) is 11.3 Å². The van der Waals surface area contributed by atoms with E-state index in [1.54, 1.807) is 36.2 Å². The molecule has 5 nitrogen and oxygen atoms in total. The molecule has 1 amide bonds. The van der Waals surface area contributed by atoms with Gasteiger partial charge in [0.25, 0.3) is 5.91 Å². The Hall–Kier alpha value is -2.39. The third kappa shape index (κ3) is 3.58. The molecule has 0 N–H and O–H groups in total. The van der Waals surface area contributed by atoms with E-state index in [1.165, 1.54) is 22.3 Å². The first-order chi connectivity index (χ1) is 12.3. The van der Waals surface area contributed by atoms with Crippen molar-refractivity contribution in [3.63, 3.8) is 0 Å². The third-order valence-electron chi connectivity index (χ3n) is 3.89. The predicted molar refractivity (Wildman–Crippen MR) is 92.3 cm³/mol. The van der Waals surface area contributed by atoms with Crippen molar-refractivity contribution in [2.24, 2.45) is 0 Å². The largest absolute Gasteiger partial charge is 0.416 e. The molecule has 0 unspecified atom stereocenters. The number of aromatic nitrogens is 2. The second-order valence-corrected chi connectivity index (χ2v) is 6.53. The lowest BCUT2D eigenvalue weighted by atomic mass is 10.1. The molecule has 0 radical (unpaired) electrons. The van der Waals surface area contributed by atoms with E-state index in [-0.39, 0.29) is 5.91 Å². The molecule has 0 atom stereocenters. The SMILES string of the molecule is COCCN(C)C(=O)c1csc2nc(-c3cccc(C(F)(F)F)c3)cn12. The maximum atomic E-state index is 12.9. The van der Waals surface area contributed by atoms with E-state index in [0.29, 0.717) is 35.1 Å². The number of alkyl halides is 3. The zero-order valence-electron chi connectivity index (χ0n) is 14.1. The Morgan fingerprint density at radius 2 is 2.15 bits per heavy atom. The highest BCUT2D eigenvalue weighted by Gasteiger charge is 2.30. The first-order valence-corrected chi connectivity index (χ1v) is 8.58. The average Bonchev–Trinajstić information content (AvgIpc) is 3.19. The van der Waals surface area contributed by atoms with Crippen LogP contribution in [-0.2, 0) is 10.9 Å². The van der Waals surface area contributed by atoms with Crippen LogP contribution in [0.1, 0.15) is 16.1 Å². The van der Waals surface area contributed by atoms with Crippen LogP contribution in [0.4, 0.5) is 13.2 Å². The number of hydrogen-bond donors (Lipinski definition) is 0. The Morgan fingerprint density at radius 3 is 2.85 bits per heavy atom. The number of methoxy groups -OCH3 is 1. The van der Waals surface area contributed by atoms with Crippen molar-refractivity contribution in [3.05, 3.63) is 47.1 Å². The highest BCUT2D eigenvalue weighted by molar-refractivity contribution is 7.15. The van der Waals surface area contributed by atoms with Crippen LogP contribution in [0.15, 0.2) is 35.8 Å². The van der Waals surface area contributed by atoms with E-state index >= 15 is 0 Å². The van der Waals surface area contributed by atoms with Gasteiger partial charge in [-0.1, -0.05) is 12.1 Å². The van der Waals surface area contributed by atoms with Gasteiger partial charge in [-0.25, -0.2) is 4.98 Å². The molecule has 0 aliphatic rings. The predicted octanol–water partition coefficient (Wildman–Crippen LogP) is 3.80. The van der Waals surface area contributed by atoms with E-state index in [0.717, 1.165) is 12.1 Å². The number of amides is 1. The van der Waals surface area contributed by atoms with Gasteiger partial charge in [0, 0.05) is 37.8 Å². The van der Waals surface area contributed by atoms with E-state index < -0.39 is 11.7 Å². The van der Waals surface area contributed by atoms with Crippen LogP contribution < -0.4 is 0 Å². The summed E-state index contributed by atoms with van der Waals surface area (Å²) in [4.78, 5) is 19.0. The van der Waals surface area contributed by atoms with Gasteiger partial charge in [-0.2, -0.15) is 13.2 Å². The molecule has 0 aliphatic carbocycles. The lowest BCUT2D eigenvalue weighted by Crippen LogP contribution is -2.30. The first kappa shape index (κ1) is 18.4. The van der Waals surface area contributed by atoms with Crippen LogP contribution in [0.2, 0.25) is 0 Å². The molecule has 0 fully saturated rings. The summed E-state index contributed by atoms with van der Waals surface area (Å²) in [7, 11) is 3.22. The van der Waals surface area contributed by atoms with Gasteiger partial charge in [0.2, 0.25) is 0 Å². The number of benzene rings is 1. The summed E-state index contributed by atoms with van der Waals surface area (Å²) < 4.78 is 45.3. The van der Waals surface area contributed by atoms with Gasteiger partial charge >= 0.3 is 6.18 Å². The number of fused-ring (bicyclic) bond motifs is 1. The van der Waals surface area contributed by atoms with Gasteiger partial charge in [0.15, 0.2) is 4.96 Å². The highest BCUT2D eigenvalue weighted by atomic mass is 32.1. The molecule has 138 valence electrons. The number of carbonyl (C=O) groups excluding carboxylic acids is 1. The summed E-state index contributed by atoms with van der Waals surface area (Å²) in [5.74, 6) is -0.207. The van der Waals surface area contributed by atoms with Crippen LogP contribution in [0.3, 0.4) is 0 Å². The zero-order valence-corrected chi connectivity index (χ0v) is 14.9. The Bertz CT molecular complexity index is 933. The molecule has 3 aromatic rings. The molecule has 2 aromatic heterocycles. The number of ether oxygens (including phenoxy) is 1. The Labute approximate surface area is 151 Å². The molecule has 26 heavy (non-hydrogen) atoms. The Kier molecular flexibility index (Phi) is 5.01. The molecule has 2 heterocycles. The minimum absolute atomic E-state index is 0.207. The molecule has 0 saturated heterocycles. The lowest BCUT2D eigenvalue weighted by molar-refractivity contribution is -0.137. The smallest absolute Gasteiger partial charge is 0.383 e. The summed E-state index contributed by atoms with van der Waals surface area (Å²) >= 11 is 1.26. The molecular weight excluding hydrogens is 367 g/mol. The number of rotatable bonds is 5. The van der Waals surface area contributed by atoms with Crippen molar-refractivity contribution < 1.29 is 22.7 Å². The minimum atomic E-state index is -4.42. The van der Waals surface area contributed by atoms with E-state index in [1.807, 2.05) is 0 Å². The number of carbonyl (C=O) groups is 1. The Balaban J connectivity index is 1.94. The van der Waals surface area contributed by atoms with Gasteiger partial charge in [0.1, 0.15) is 5.69 Å². The quantitative estimate of drug-likeness (QED) is 0.673. The van der Waals surface area contributed by atoms with Crippen molar-refractivity contribution in [1.29, 1.82) is 0 Å². The van der Waals surface area contributed by atoms with E-state index in [4.69, 9.17) is 4.74 Å². The molecule has 0 aliphatic heterocycles. The third-order valence-corrected chi connectivity index (χ3v) is 4.73. The van der Waals surface area contributed by atoms with Crippen LogP contribution in [0, 0.1) is 0 Å². The fourth-order valence-corrected chi connectivity index (χ4v) is 3.30. The van der Waals surface area contributed by atoms with E-state index in [9.17, 15) is 18.0 Å². The molecule has 1 aromatic carbocycles. The molecule has 0 spiro atoms. The lowest BCUT2D eigenvalue weighted by Gasteiger charge is -2.15. The van der Waals surface area contributed by atoms with Crippen LogP contribution in [0.5, 0.6) is 0 Å². The van der Waals surface area contributed by atoms with Crippen LogP contribution in [0.25, 0.3) is 16.2 Å². The second-order valence-electron chi connectivity index (χ2n) is 5.70. The molecule has 0 saturated carbocycles. The highest BCUT2D eigenvalue weighted by Crippen LogP contribution is 2.32. The van der Waals surface area contributed by atoms with Gasteiger partial charge < -0.3 is 9.64 Å². The fourth-order valence-electron chi connectivity index (χ4n) is 2.46. The summed E-state index contributed by atoms with van der Waals surface area (Å²) in [6, 6.07) is 4.98. The maximum absolute atomic E-state index is 12.9. The van der Waals surface area contributed by atoms with Gasteiger partial charge in [0.05, 0.1) is 17.9 Å². The van der Waals surface area contributed by atoms with E-state index in [2.05, 4.69) is 4.98 Å². The number of nitrogens with zero attached hydrogens (tertiary/aromatic N) is 3. The summed E-state index contributed by atoms with van der Waals surface area (Å²) in [6.07, 6.45) is -2.84. The topological polar surface area (TPSA) is 46.8 Å². The van der Waals surface area contributed by atoms with Crippen molar-refractivity contribution in [2.45, 2.75) is 6.18 Å². The van der Waals surface area contributed by atoms with Crippen LogP contribution >= 0.6 is 11.3 Å². The van der Waals surface area contributed by atoms with Crippen LogP contribution in [-0.4, -0.2) is 47.5 Å². The monoisotopic (exact) mass is 383 g/mol. The number of halogens is 3. The fraction of sp³-hybridized carbons (Fsp3) is 0.294. The van der Waals surface area contributed by atoms with Crippen molar-refractivity contribution in [2.75, 3.05) is 27.3 Å².